The van der Waals surface area contributed by atoms with Gasteiger partial charge >= 0.3 is 8.18 Å². The minimum absolute atomic E-state index is 0.0612. The molecule has 0 aliphatic heterocycles. The van der Waals surface area contributed by atoms with Gasteiger partial charge in [0.1, 0.15) is 0 Å². The third-order valence-corrected chi connectivity index (χ3v) is 2.22. The molecule has 0 aromatic carbocycles. The molecule has 0 radical (unpaired) electrons. The van der Waals surface area contributed by atoms with Gasteiger partial charge in [-0.3, -0.25) is 0 Å². The van der Waals surface area contributed by atoms with Crippen LogP contribution in [0.2, 0.25) is 0 Å². The number of rotatable bonds is 6. The van der Waals surface area contributed by atoms with E-state index in [9.17, 15) is 9.46 Å². The van der Waals surface area contributed by atoms with Crippen molar-refractivity contribution in [1.29, 1.82) is 0 Å². The highest BCUT2D eigenvalue weighted by atomic mass is 31.1. The Labute approximate surface area is 74.9 Å². The van der Waals surface area contributed by atoms with E-state index in [1.165, 1.54) is 0 Å². The maximum atomic E-state index is 10.2. The molecule has 12 heavy (non-hydrogen) atoms. The summed E-state index contributed by atoms with van der Waals surface area (Å²) in [6.45, 7) is 2.88. The standard InChI is InChI=1S/C7H17N2O2P/c1-7(8-12(10)11)5-4-6-9(2)3/h7H,4-6H2,1-3H3,(H,8,10,11). The first-order valence-electron chi connectivity index (χ1n) is 4.07. The quantitative estimate of drug-likeness (QED) is 0.616. The fraction of sp³-hybridized carbons (Fsp3) is 1.00. The smallest absolute Gasteiger partial charge is 0.408 e. The number of hydrogen-bond acceptors (Lipinski definition) is 3. The molecule has 0 amide bonds. The van der Waals surface area contributed by atoms with E-state index in [-0.39, 0.29) is 6.04 Å². The summed E-state index contributed by atoms with van der Waals surface area (Å²) in [5.41, 5.74) is 0. The predicted molar refractivity (Wildman–Crippen MR) is 48.0 cm³/mol. The molecule has 0 rings (SSSR count). The van der Waals surface area contributed by atoms with Crippen LogP contribution in [0.1, 0.15) is 19.8 Å². The van der Waals surface area contributed by atoms with E-state index in [2.05, 4.69) is 9.99 Å². The Hall–Kier alpha value is -0.0200. The number of nitrogens with zero attached hydrogens (tertiary/aromatic N) is 1. The van der Waals surface area contributed by atoms with Crippen molar-refractivity contribution in [3.8, 4) is 0 Å². The molecule has 0 aliphatic rings. The van der Waals surface area contributed by atoms with Gasteiger partial charge in [0.2, 0.25) is 0 Å². The molecule has 4 nitrogen and oxygen atoms in total. The first-order chi connectivity index (χ1) is 5.52. The van der Waals surface area contributed by atoms with E-state index in [1.54, 1.807) is 0 Å². The van der Waals surface area contributed by atoms with Crippen molar-refractivity contribution in [2.75, 3.05) is 20.6 Å². The highest BCUT2D eigenvalue weighted by Crippen LogP contribution is 2.05. The summed E-state index contributed by atoms with van der Waals surface area (Å²) in [5, 5.41) is 2.45. The fourth-order valence-corrected chi connectivity index (χ4v) is 1.45. The van der Waals surface area contributed by atoms with E-state index in [4.69, 9.17) is 0 Å². The third kappa shape index (κ3) is 8.08. The van der Waals surface area contributed by atoms with E-state index < -0.39 is 8.18 Å². The molecule has 0 aromatic rings. The monoisotopic (exact) mass is 192 g/mol. The Morgan fingerprint density at radius 3 is 2.58 bits per heavy atom. The average Bonchev–Trinajstić information content (AvgIpc) is 1.84. The summed E-state index contributed by atoms with van der Waals surface area (Å²) in [7, 11) is 1.58. The van der Waals surface area contributed by atoms with Gasteiger partial charge in [0.15, 0.2) is 0 Å². The van der Waals surface area contributed by atoms with Crippen LogP contribution in [0.3, 0.4) is 0 Å². The molecule has 72 valence electrons. The molecule has 0 aromatic heterocycles. The van der Waals surface area contributed by atoms with Gasteiger partial charge in [-0.25, -0.2) is 0 Å². The number of hydrogen-bond donors (Lipinski definition) is 1. The summed E-state index contributed by atoms with van der Waals surface area (Å²) < 4.78 is 10.2. The maximum absolute atomic E-state index is 10.2. The van der Waals surface area contributed by atoms with Crippen molar-refractivity contribution in [2.45, 2.75) is 25.8 Å². The topological polar surface area (TPSA) is 55.4 Å². The summed E-state index contributed by atoms with van der Waals surface area (Å²) in [4.78, 5) is 12.3. The van der Waals surface area contributed by atoms with Gasteiger partial charge < -0.3 is 9.79 Å². The van der Waals surface area contributed by atoms with Crippen LogP contribution in [0.5, 0.6) is 0 Å². The molecule has 0 saturated heterocycles. The number of nitrogens with one attached hydrogen (secondary N) is 1. The minimum Gasteiger partial charge on any atom is -0.578 e. The van der Waals surface area contributed by atoms with Gasteiger partial charge in [-0.05, 0) is 40.4 Å². The van der Waals surface area contributed by atoms with Crippen LogP contribution in [-0.4, -0.2) is 31.6 Å². The van der Waals surface area contributed by atoms with Crippen molar-refractivity contribution >= 4 is 8.18 Å². The molecule has 2 atom stereocenters. The Kier molecular flexibility index (Phi) is 6.48. The van der Waals surface area contributed by atoms with Gasteiger partial charge in [-0.2, -0.15) is 0 Å². The van der Waals surface area contributed by atoms with Crippen molar-refractivity contribution in [2.24, 2.45) is 0 Å². The second-order valence-corrected chi connectivity index (χ2v) is 4.01. The molecule has 0 spiro atoms. The maximum Gasteiger partial charge on any atom is 0.408 e. The normalized spacial score (nSPS) is 14.9. The Bertz CT molecular complexity index is 141. The molecule has 0 heterocycles. The molecular formula is C7H17N2O2P. The second-order valence-electron chi connectivity index (χ2n) is 3.23. The molecule has 5 heteroatoms. The molecule has 1 N–H and O–H groups in total. The Balaban J connectivity index is 3.31. The zero-order chi connectivity index (χ0) is 9.56. The molecule has 0 fully saturated rings. The summed E-state index contributed by atoms with van der Waals surface area (Å²) >= 11 is 0. The largest absolute Gasteiger partial charge is 0.578 e. The van der Waals surface area contributed by atoms with Crippen LogP contribution in [0, 0.1) is 0 Å². The zero-order valence-corrected chi connectivity index (χ0v) is 8.80. The second kappa shape index (κ2) is 6.49. The fourth-order valence-electron chi connectivity index (χ4n) is 0.958. The molecule has 0 bridgehead atoms. The van der Waals surface area contributed by atoms with Gasteiger partial charge in [-0.15, -0.1) is 5.09 Å². The lowest BCUT2D eigenvalue weighted by molar-refractivity contribution is -0.167. The van der Waals surface area contributed by atoms with E-state index in [0.29, 0.717) is 0 Å². The highest BCUT2D eigenvalue weighted by Gasteiger charge is 2.07. The minimum atomic E-state index is -2.44. The van der Waals surface area contributed by atoms with Crippen molar-refractivity contribution < 1.29 is 9.46 Å². The predicted octanol–water partition coefficient (Wildman–Crippen LogP) is 0.324. The molecule has 2 unspecified atom stereocenters. The highest BCUT2D eigenvalue weighted by molar-refractivity contribution is 7.33. The Morgan fingerprint density at radius 2 is 2.17 bits per heavy atom. The molecule has 0 saturated carbocycles. The van der Waals surface area contributed by atoms with Crippen LogP contribution in [0.25, 0.3) is 0 Å². The Morgan fingerprint density at radius 1 is 1.58 bits per heavy atom. The lowest BCUT2D eigenvalue weighted by Crippen LogP contribution is -2.23. The van der Waals surface area contributed by atoms with E-state index in [0.717, 1.165) is 19.4 Å². The summed E-state index contributed by atoms with van der Waals surface area (Å²) in [5.74, 6) is 0. The van der Waals surface area contributed by atoms with E-state index >= 15 is 0 Å². The van der Waals surface area contributed by atoms with Crippen molar-refractivity contribution in [3.05, 3.63) is 0 Å². The summed E-state index contributed by atoms with van der Waals surface area (Å²) in [6.07, 6.45) is 1.91. The van der Waals surface area contributed by atoms with Crippen molar-refractivity contribution in [1.82, 2.24) is 9.99 Å². The van der Waals surface area contributed by atoms with Gasteiger partial charge in [0, 0.05) is 6.04 Å². The SMILES string of the molecule is CC(CCCN(C)C)N[P+](=O)[O-]. The lowest BCUT2D eigenvalue weighted by Gasteiger charge is -2.11. The van der Waals surface area contributed by atoms with Crippen LogP contribution in [0.15, 0.2) is 0 Å². The van der Waals surface area contributed by atoms with E-state index in [1.807, 2.05) is 21.0 Å². The molecule has 0 aliphatic carbocycles. The van der Waals surface area contributed by atoms with Crippen LogP contribution >= 0.6 is 8.18 Å². The van der Waals surface area contributed by atoms with Crippen LogP contribution in [-0.2, 0) is 4.57 Å². The van der Waals surface area contributed by atoms with Crippen molar-refractivity contribution in [3.63, 3.8) is 0 Å². The van der Waals surface area contributed by atoms with Gasteiger partial charge in [-0.1, -0.05) is 4.57 Å². The zero-order valence-electron chi connectivity index (χ0n) is 7.91. The first-order valence-corrected chi connectivity index (χ1v) is 5.25. The van der Waals surface area contributed by atoms with Gasteiger partial charge in [0.05, 0.1) is 0 Å². The van der Waals surface area contributed by atoms with Crippen LogP contribution in [0.4, 0.5) is 0 Å². The lowest BCUT2D eigenvalue weighted by atomic mass is 10.2. The third-order valence-electron chi connectivity index (χ3n) is 1.57. The van der Waals surface area contributed by atoms with Gasteiger partial charge in [0.25, 0.3) is 0 Å². The first kappa shape index (κ1) is 12.0. The summed E-state index contributed by atoms with van der Waals surface area (Å²) in [6, 6.07) is 0.0612. The average molecular weight is 192 g/mol. The molecular weight excluding hydrogens is 175 g/mol. The van der Waals surface area contributed by atoms with Crippen LogP contribution < -0.4 is 9.98 Å².